The van der Waals surface area contributed by atoms with Crippen molar-refractivity contribution in [3.63, 3.8) is 0 Å². The largest absolute Gasteiger partial charge is 0.459 e. The molecule has 2 aromatic rings. The third-order valence-electron chi connectivity index (χ3n) is 7.56. The minimum absolute atomic E-state index is 0.0271. The number of Topliss-reactive ketones (excluding diaryl/α,β-unsaturated/α-hetero) is 1. The zero-order valence-corrected chi connectivity index (χ0v) is 20.4. The van der Waals surface area contributed by atoms with Crippen LogP contribution in [0, 0.1) is 10.1 Å². The lowest BCUT2D eigenvalue weighted by atomic mass is 9.71. The first-order chi connectivity index (χ1) is 17.4. The number of carbonyl (C=O) groups excluding carboxylic acids is 2. The number of rotatable bonds is 5. The number of hydrogen-bond acceptors (Lipinski definition) is 6. The van der Waals surface area contributed by atoms with Gasteiger partial charge < -0.3 is 10.1 Å². The van der Waals surface area contributed by atoms with Gasteiger partial charge in [-0.25, -0.2) is 4.79 Å². The number of nitro groups is 1. The van der Waals surface area contributed by atoms with E-state index in [-0.39, 0.29) is 23.5 Å². The molecule has 0 spiro atoms. The number of nitrogens with zero attached hydrogens (tertiary/aromatic N) is 1. The van der Waals surface area contributed by atoms with Gasteiger partial charge in [-0.15, -0.1) is 0 Å². The Hall–Kier alpha value is -3.74. The van der Waals surface area contributed by atoms with Gasteiger partial charge in [-0.05, 0) is 56.1 Å². The second kappa shape index (κ2) is 10.1. The zero-order valence-electron chi connectivity index (χ0n) is 20.4. The van der Waals surface area contributed by atoms with Crippen LogP contribution in [0.1, 0.15) is 74.8 Å². The number of dihydropyridines is 1. The molecule has 1 aliphatic heterocycles. The second-order valence-corrected chi connectivity index (χ2v) is 9.95. The highest BCUT2D eigenvalue weighted by Gasteiger charge is 2.42. The fourth-order valence-electron chi connectivity index (χ4n) is 5.82. The number of nitrogens with one attached hydrogen (secondary N) is 1. The van der Waals surface area contributed by atoms with Crippen LogP contribution in [0.15, 0.2) is 77.1 Å². The van der Waals surface area contributed by atoms with E-state index in [0.717, 1.165) is 43.4 Å². The molecule has 0 amide bonds. The van der Waals surface area contributed by atoms with E-state index in [2.05, 4.69) is 5.32 Å². The maximum Gasteiger partial charge on any atom is 0.337 e. The zero-order chi connectivity index (χ0) is 25.2. The number of non-ortho nitro benzene ring substituents is 1. The fraction of sp³-hybridized carbons (Fsp3) is 0.379. The van der Waals surface area contributed by atoms with Crippen molar-refractivity contribution in [3.8, 4) is 0 Å². The maximum atomic E-state index is 13.7. The highest BCUT2D eigenvalue weighted by Crippen LogP contribution is 2.46. The van der Waals surface area contributed by atoms with Gasteiger partial charge in [-0.1, -0.05) is 48.9 Å². The molecule has 3 aliphatic rings. The average Bonchev–Trinajstić information content (AvgIpc) is 2.88. The summed E-state index contributed by atoms with van der Waals surface area (Å²) in [5.41, 5.74) is 3.87. The molecule has 2 atom stereocenters. The molecule has 0 unspecified atom stereocenters. The topological polar surface area (TPSA) is 98.5 Å². The Morgan fingerprint density at radius 3 is 2.44 bits per heavy atom. The van der Waals surface area contributed by atoms with Gasteiger partial charge in [0.1, 0.15) is 6.10 Å². The van der Waals surface area contributed by atoms with Crippen molar-refractivity contribution in [1.82, 2.24) is 5.32 Å². The predicted octanol–water partition coefficient (Wildman–Crippen LogP) is 5.83. The maximum absolute atomic E-state index is 13.7. The normalized spacial score (nSPS) is 22.6. The standard InChI is InChI=1S/C29H30N2O5/c1-18-26(29(33)36-23-13-6-3-7-14-23)27(20-11-8-12-22(15-20)31(34)35)28-24(30-18)16-21(17-25(28)32)19-9-4-2-5-10-19/h2,4-5,8-12,15,21,23,27,30H,3,6-7,13-14,16-17H2,1H3/t21-,27+/m0/s1. The van der Waals surface area contributed by atoms with Gasteiger partial charge in [0.2, 0.25) is 0 Å². The van der Waals surface area contributed by atoms with Crippen molar-refractivity contribution in [2.75, 3.05) is 0 Å². The number of ketones is 1. The van der Waals surface area contributed by atoms with Gasteiger partial charge in [0, 0.05) is 41.4 Å². The second-order valence-electron chi connectivity index (χ2n) is 9.95. The summed E-state index contributed by atoms with van der Waals surface area (Å²) >= 11 is 0. The molecule has 7 nitrogen and oxygen atoms in total. The molecular formula is C29H30N2O5. The molecule has 1 fully saturated rings. The molecule has 36 heavy (non-hydrogen) atoms. The Bertz CT molecular complexity index is 1260. The smallest absolute Gasteiger partial charge is 0.337 e. The summed E-state index contributed by atoms with van der Waals surface area (Å²) in [6, 6.07) is 16.2. The molecule has 186 valence electrons. The van der Waals surface area contributed by atoms with Gasteiger partial charge in [0.25, 0.3) is 5.69 Å². The molecule has 0 bridgehead atoms. The molecular weight excluding hydrogens is 456 g/mol. The highest BCUT2D eigenvalue weighted by molar-refractivity contribution is 6.04. The Balaban J connectivity index is 1.56. The third-order valence-corrected chi connectivity index (χ3v) is 7.56. The lowest BCUT2D eigenvalue weighted by Gasteiger charge is -2.37. The molecule has 2 aliphatic carbocycles. The molecule has 5 rings (SSSR count). The Kier molecular flexibility index (Phi) is 6.72. The van der Waals surface area contributed by atoms with Gasteiger partial charge >= 0.3 is 5.97 Å². The molecule has 1 heterocycles. The molecule has 2 aromatic carbocycles. The van der Waals surface area contributed by atoms with Gasteiger partial charge in [0.15, 0.2) is 5.78 Å². The van der Waals surface area contributed by atoms with Crippen LogP contribution in [0.2, 0.25) is 0 Å². The van der Waals surface area contributed by atoms with Crippen molar-refractivity contribution in [2.45, 2.75) is 69.8 Å². The summed E-state index contributed by atoms with van der Waals surface area (Å²) < 4.78 is 5.93. The molecule has 0 saturated heterocycles. The number of esters is 1. The van der Waals surface area contributed by atoms with Gasteiger partial charge in [0.05, 0.1) is 10.5 Å². The van der Waals surface area contributed by atoms with Crippen LogP contribution in [0.25, 0.3) is 0 Å². The Labute approximate surface area is 210 Å². The van der Waals surface area contributed by atoms with Crippen LogP contribution in [0.3, 0.4) is 0 Å². The summed E-state index contributed by atoms with van der Waals surface area (Å²) in [5.74, 6) is -1.18. The first kappa shape index (κ1) is 24.0. The molecule has 1 N–H and O–H groups in total. The van der Waals surface area contributed by atoms with Crippen molar-refractivity contribution in [1.29, 1.82) is 0 Å². The Morgan fingerprint density at radius 2 is 1.72 bits per heavy atom. The fourth-order valence-corrected chi connectivity index (χ4v) is 5.82. The van der Waals surface area contributed by atoms with E-state index in [4.69, 9.17) is 4.74 Å². The summed E-state index contributed by atoms with van der Waals surface area (Å²) in [4.78, 5) is 38.3. The van der Waals surface area contributed by atoms with E-state index in [0.29, 0.717) is 35.2 Å². The number of ether oxygens (including phenoxy) is 1. The minimum Gasteiger partial charge on any atom is -0.459 e. The number of allylic oxidation sites excluding steroid dienone is 3. The van der Waals surface area contributed by atoms with Crippen LogP contribution in [-0.2, 0) is 14.3 Å². The van der Waals surface area contributed by atoms with Crippen molar-refractivity contribution in [2.24, 2.45) is 0 Å². The van der Waals surface area contributed by atoms with E-state index >= 15 is 0 Å². The van der Waals surface area contributed by atoms with Gasteiger partial charge in [-0.2, -0.15) is 0 Å². The van der Waals surface area contributed by atoms with Gasteiger partial charge in [-0.3, -0.25) is 14.9 Å². The molecule has 0 aromatic heterocycles. The third kappa shape index (κ3) is 4.70. The highest BCUT2D eigenvalue weighted by atomic mass is 16.6. The van der Waals surface area contributed by atoms with E-state index < -0.39 is 16.8 Å². The number of benzene rings is 2. The average molecular weight is 487 g/mol. The van der Waals surface area contributed by atoms with E-state index in [9.17, 15) is 19.7 Å². The lowest BCUT2D eigenvalue weighted by molar-refractivity contribution is -0.384. The molecule has 7 heteroatoms. The summed E-state index contributed by atoms with van der Waals surface area (Å²) in [7, 11) is 0. The van der Waals surface area contributed by atoms with E-state index in [1.165, 1.54) is 12.1 Å². The number of hydrogen-bond donors (Lipinski definition) is 1. The van der Waals surface area contributed by atoms with Crippen LogP contribution in [0.4, 0.5) is 5.69 Å². The van der Waals surface area contributed by atoms with E-state index in [1.807, 2.05) is 37.3 Å². The minimum atomic E-state index is -0.707. The quantitative estimate of drug-likeness (QED) is 0.324. The summed E-state index contributed by atoms with van der Waals surface area (Å²) in [5, 5.41) is 14.9. The van der Waals surface area contributed by atoms with Crippen LogP contribution >= 0.6 is 0 Å². The van der Waals surface area contributed by atoms with Crippen molar-refractivity contribution < 1.29 is 19.2 Å². The first-order valence-corrected chi connectivity index (χ1v) is 12.7. The number of carbonyl (C=O) groups is 2. The van der Waals surface area contributed by atoms with Crippen LogP contribution in [-0.4, -0.2) is 22.8 Å². The first-order valence-electron chi connectivity index (χ1n) is 12.7. The van der Waals surface area contributed by atoms with Crippen molar-refractivity contribution in [3.05, 3.63) is 98.4 Å². The summed E-state index contributed by atoms with van der Waals surface area (Å²) in [6.45, 7) is 1.82. The predicted molar refractivity (Wildman–Crippen MR) is 135 cm³/mol. The lowest BCUT2D eigenvalue weighted by Crippen LogP contribution is -2.37. The van der Waals surface area contributed by atoms with Crippen molar-refractivity contribution >= 4 is 17.4 Å². The van der Waals surface area contributed by atoms with E-state index in [1.54, 1.807) is 12.1 Å². The SMILES string of the molecule is CC1=C(C(=O)OC2CCCCC2)[C@@H](c2cccc([N+](=O)[O-])c2)C2=C(C[C@H](c3ccccc3)CC2=O)N1. The summed E-state index contributed by atoms with van der Waals surface area (Å²) in [6.07, 6.45) is 5.66. The molecule has 1 saturated carbocycles. The van der Waals surface area contributed by atoms with Crippen LogP contribution in [0.5, 0.6) is 0 Å². The number of nitro benzene ring substituents is 1. The molecule has 0 radical (unpaired) electrons. The monoisotopic (exact) mass is 486 g/mol. The van der Waals surface area contributed by atoms with Crippen LogP contribution < -0.4 is 5.32 Å². The Morgan fingerprint density at radius 1 is 1.00 bits per heavy atom.